The van der Waals surface area contributed by atoms with E-state index < -0.39 is 23.5 Å². The van der Waals surface area contributed by atoms with Gasteiger partial charge in [-0.25, -0.2) is 4.39 Å². The minimum atomic E-state index is -0.816. The number of benzene rings is 2. The third kappa shape index (κ3) is 5.60. The number of hydrogen-bond donors (Lipinski definition) is 1. The Morgan fingerprint density at radius 3 is 2.44 bits per heavy atom. The summed E-state index contributed by atoms with van der Waals surface area (Å²) in [5, 5.41) is 11.3. The molecule has 2 aliphatic heterocycles. The van der Waals surface area contributed by atoms with E-state index in [4.69, 9.17) is 9.47 Å². The third-order valence-corrected chi connectivity index (χ3v) is 6.51. The van der Waals surface area contributed by atoms with Crippen LogP contribution in [0.4, 0.5) is 4.39 Å². The van der Waals surface area contributed by atoms with Gasteiger partial charge in [0.15, 0.2) is 0 Å². The summed E-state index contributed by atoms with van der Waals surface area (Å²) in [5.41, 5.74) is 1.79. The zero-order valence-corrected chi connectivity index (χ0v) is 21.0. The van der Waals surface area contributed by atoms with Crippen molar-refractivity contribution >= 4 is 17.4 Å². The smallest absolute Gasteiger partial charge is 0.295 e. The molecule has 0 bridgehead atoms. The summed E-state index contributed by atoms with van der Waals surface area (Å²) in [6, 6.07) is 10.1. The zero-order valence-electron chi connectivity index (χ0n) is 21.0. The Balaban J connectivity index is 1.69. The van der Waals surface area contributed by atoms with Crippen molar-refractivity contribution in [2.45, 2.75) is 26.8 Å². The van der Waals surface area contributed by atoms with E-state index in [-0.39, 0.29) is 11.3 Å². The number of likely N-dealkylation sites (tertiary alicyclic amines) is 1. The summed E-state index contributed by atoms with van der Waals surface area (Å²) in [4.78, 5) is 30.0. The van der Waals surface area contributed by atoms with Crippen LogP contribution in [0.3, 0.4) is 0 Å². The minimum Gasteiger partial charge on any atom is -0.507 e. The number of Topliss-reactive ketones (excluding diaryl/α,β-unsaturated/α-hetero) is 1. The van der Waals surface area contributed by atoms with Crippen LogP contribution in [0.25, 0.3) is 5.76 Å². The lowest BCUT2D eigenvalue weighted by Crippen LogP contribution is -2.42. The second-order valence-corrected chi connectivity index (χ2v) is 9.68. The van der Waals surface area contributed by atoms with Gasteiger partial charge in [-0.15, -0.1) is 0 Å². The Kier molecular flexibility index (Phi) is 8.06. The second-order valence-electron chi connectivity index (χ2n) is 9.68. The monoisotopic (exact) mass is 496 g/mol. The first-order valence-corrected chi connectivity index (χ1v) is 12.3. The van der Waals surface area contributed by atoms with E-state index in [1.165, 1.54) is 17.0 Å². The average Bonchev–Trinajstić information content (AvgIpc) is 3.12. The summed E-state index contributed by atoms with van der Waals surface area (Å²) in [5.74, 6) is -1.04. The number of carbonyl (C=O) groups excluding carboxylic acids is 2. The number of ether oxygens (including phenoxy) is 2. The highest BCUT2D eigenvalue weighted by molar-refractivity contribution is 6.46. The molecule has 4 rings (SSSR count). The molecular formula is C28H33FN2O5. The summed E-state index contributed by atoms with van der Waals surface area (Å²) < 4.78 is 24.9. The van der Waals surface area contributed by atoms with Gasteiger partial charge in [0.1, 0.15) is 17.3 Å². The zero-order chi connectivity index (χ0) is 25.8. The number of nitrogens with zero attached hydrogens (tertiary/aromatic N) is 2. The van der Waals surface area contributed by atoms with Gasteiger partial charge in [-0.3, -0.25) is 14.5 Å². The lowest BCUT2D eigenvalue weighted by molar-refractivity contribution is -0.140. The lowest BCUT2D eigenvalue weighted by atomic mass is 9.94. The fourth-order valence-electron chi connectivity index (χ4n) is 4.55. The molecule has 8 heteroatoms. The Labute approximate surface area is 211 Å². The van der Waals surface area contributed by atoms with Gasteiger partial charge in [-0.2, -0.15) is 0 Å². The number of rotatable bonds is 8. The van der Waals surface area contributed by atoms with Crippen LogP contribution in [-0.4, -0.2) is 72.6 Å². The van der Waals surface area contributed by atoms with Crippen LogP contribution in [0.15, 0.2) is 48.0 Å². The maximum atomic E-state index is 13.7. The van der Waals surface area contributed by atoms with Crippen molar-refractivity contribution in [2.24, 2.45) is 5.92 Å². The molecular weight excluding hydrogens is 463 g/mol. The largest absolute Gasteiger partial charge is 0.507 e. The van der Waals surface area contributed by atoms with Crippen molar-refractivity contribution in [3.05, 3.63) is 70.5 Å². The molecule has 0 radical (unpaired) electrons. The summed E-state index contributed by atoms with van der Waals surface area (Å²) in [7, 11) is 0. The molecule has 2 saturated heterocycles. The van der Waals surface area contributed by atoms with Gasteiger partial charge < -0.3 is 19.5 Å². The summed E-state index contributed by atoms with van der Waals surface area (Å²) in [6.07, 6.45) is 0. The van der Waals surface area contributed by atoms with Gasteiger partial charge in [0.05, 0.1) is 31.4 Å². The Hall–Kier alpha value is -3.23. The first kappa shape index (κ1) is 25.9. The van der Waals surface area contributed by atoms with Crippen LogP contribution in [0.2, 0.25) is 0 Å². The van der Waals surface area contributed by atoms with Gasteiger partial charge in [-0.05, 0) is 54.3 Å². The Morgan fingerprint density at radius 2 is 1.81 bits per heavy atom. The van der Waals surface area contributed by atoms with Crippen molar-refractivity contribution < 1.29 is 28.6 Å². The van der Waals surface area contributed by atoms with E-state index in [0.29, 0.717) is 55.7 Å². The van der Waals surface area contributed by atoms with E-state index >= 15 is 0 Å². The first-order valence-electron chi connectivity index (χ1n) is 12.3. The SMILES string of the molecule is Cc1cc(/C(O)=C2/C(=O)C(=O)N(CCN3CCOCC3)C2c2ccc(F)cc2)ccc1OCC(C)C. The van der Waals surface area contributed by atoms with Crippen molar-refractivity contribution in [3.63, 3.8) is 0 Å². The number of ketones is 1. The molecule has 0 spiro atoms. The van der Waals surface area contributed by atoms with Gasteiger partial charge in [0, 0.05) is 31.7 Å². The van der Waals surface area contributed by atoms with Gasteiger partial charge >= 0.3 is 0 Å². The Morgan fingerprint density at radius 1 is 1.11 bits per heavy atom. The number of aliphatic hydroxyl groups is 1. The predicted molar refractivity (Wildman–Crippen MR) is 134 cm³/mol. The topological polar surface area (TPSA) is 79.3 Å². The maximum Gasteiger partial charge on any atom is 0.295 e. The van der Waals surface area contributed by atoms with Crippen molar-refractivity contribution in [1.82, 2.24) is 9.80 Å². The van der Waals surface area contributed by atoms with Crippen LogP contribution >= 0.6 is 0 Å². The number of aryl methyl sites for hydroxylation is 1. The second kappa shape index (κ2) is 11.2. The number of amides is 1. The van der Waals surface area contributed by atoms with E-state index in [1.807, 2.05) is 6.92 Å². The summed E-state index contributed by atoms with van der Waals surface area (Å²) >= 11 is 0. The molecule has 7 nitrogen and oxygen atoms in total. The maximum absolute atomic E-state index is 13.7. The fourth-order valence-corrected chi connectivity index (χ4v) is 4.55. The number of halogens is 1. The van der Waals surface area contributed by atoms with Crippen molar-refractivity contribution in [2.75, 3.05) is 46.0 Å². The molecule has 2 aromatic carbocycles. The highest BCUT2D eigenvalue weighted by Crippen LogP contribution is 2.39. The molecule has 1 N–H and O–H groups in total. The van der Waals surface area contributed by atoms with Crippen molar-refractivity contribution in [3.8, 4) is 5.75 Å². The molecule has 1 atom stereocenters. The predicted octanol–water partition coefficient (Wildman–Crippen LogP) is 3.92. The number of hydrogen-bond acceptors (Lipinski definition) is 6. The normalized spacial score (nSPS) is 20.4. The molecule has 0 aliphatic carbocycles. The van der Waals surface area contributed by atoms with Gasteiger partial charge in [0.2, 0.25) is 0 Å². The Bertz CT molecular complexity index is 1140. The van der Waals surface area contributed by atoms with Crippen LogP contribution < -0.4 is 4.74 Å². The number of carbonyl (C=O) groups is 2. The van der Waals surface area contributed by atoms with Gasteiger partial charge in [0.25, 0.3) is 11.7 Å². The van der Waals surface area contributed by atoms with E-state index in [1.54, 1.807) is 30.3 Å². The molecule has 2 fully saturated rings. The molecule has 36 heavy (non-hydrogen) atoms. The lowest BCUT2D eigenvalue weighted by Gasteiger charge is -2.31. The van der Waals surface area contributed by atoms with Crippen molar-refractivity contribution in [1.29, 1.82) is 0 Å². The fraction of sp³-hybridized carbons (Fsp3) is 0.429. The molecule has 1 amide bonds. The number of aliphatic hydroxyl groups excluding tert-OH is 1. The first-order chi connectivity index (χ1) is 17.3. The molecule has 1 unspecified atom stereocenters. The standard InChI is InChI=1S/C28H33FN2O5/c1-18(2)17-36-23-9-6-21(16-19(23)3)26(32)24-25(20-4-7-22(29)8-5-20)31(28(34)27(24)33)11-10-30-12-14-35-15-13-30/h4-9,16,18,25,32H,10-15,17H2,1-3H3/b26-24-. The number of morpholine rings is 1. The highest BCUT2D eigenvalue weighted by Gasteiger charge is 2.46. The minimum absolute atomic E-state index is 0.00355. The molecule has 2 aliphatic rings. The van der Waals surface area contributed by atoms with E-state index in [0.717, 1.165) is 18.7 Å². The van der Waals surface area contributed by atoms with Gasteiger partial charge in [-0.1, -0.05) is 26.0 Å². The average molecular weight is 497 g/mol. The van der Waals surface area contributed by atoms with E-state index in [9.17, 15) is 19.1 Å². The van der Waals surface area contributed by atoms with Crippen LogP contribution in [0, 0.1) is 18.7 Å². The molecule has 192 valence electrons. The van der Waals surface area contributed by atoms with Crippen LogP contribution in [0.5, 0.6) is 5.75 Å². The molecule has 0 aromatic heterocycles. The molecule has 2 heterocycles. The molecule has 0 saturated carbocycles. The van der Waals surface area contributed by atoms with E-state index in [2.05, 4.69) is 18.7 Å². The molecule has 2 aromatic rings. The quantitative estimate of drug-likeness (QED) is 0.339. The third-order valence-electron chi connectivity index (χ3n) is 6.51. The van der Waals surface area contributed by atoms with Crippen LogP contribution in [-0.2, 0) is 14.3 Å². The highest BCUT2D eigenvalue weighted by atomic mass is 19.1. The van der Waals surface area contributed by atoms with Crippen LogP contribution in [0.1, 0.15) is 36.6 Å². The summed E-state index contributed by atoms with van der Waals surface area (Å²) in [6.45, 7) is 10.1.